The zero-order valence-electron chi connectivity index (χ0n) is 12.3. The van der Waals surface area contributed by atoms with Gasteiger partial charge in [-0.15, -0.1) is 0 Å². The molecule has 22 heavy (non-hydrogen) atoms. The highest BCUT2D eigenvalue weighted by atomic mass is 16.5. The van der Waals surface area contributed by atoms with Gasteiger partial charge in [0.1, 0.15) is 0 Å². The largest absolute Gasteiger partial charge is 0.431 e. The molecule has 0 saturated heterocycles. The minimum atomic E-state index is -0.364. The quantitative estimate of drug-likeness (QED) is 0.709. The Hall–Kier alpha value is -2.66. The predicted octanol–water partition coefficient (Wildman–Crippen LogP) is 2.10. The lowest BCUT2D eigenvalue weighted by atomic mass is 10.1. The van der Waals surface area contributed by atoms with Gasteiger partial charge in [-0.05, 0) is 22.4 Å². The van der Waals surface area contributed by atoms with Gasteiger partial charge in [0.2, 0.25) is 5.69 Å². The molecule has 5 heteroatoms. The van der Waals surface area contributed by atoms with Gasteiger partial charge >= 0.3 is 11.3 Å². The Balaban J connectivity index is 1.79. The van der Waals surface area contributed by atoms with Crippen LogP contribution in [0, 0.1) is 0 Å². The highest BCUT2D eigenvalue weighted by molar-refractivity contribution is 5.21. The van der Waals surface area contributed by atoms with Gasteiger partial charge < -0.3 is 5.32 Å². The van der Waals surface area contributed by atoms with E-state index >= 15 is 0 Å². The maximum Gasteiger partial charge on any atom is 0.431 e. The van der Waals surface area contributed by atoms with Crippen LogP contribution in [0.15, 0.2) is 70.0 Å². The van der Waals surface area contributed by atoms with E-state index in [2.05, 4.69) is 29.6 Å². The first-order valence-corrected chi connectivity index (χ1v) is 7.22. The second-order valence-electron chi connectivity index (χ2n) is 5.11. The van der Waals surface area contributed by atoms with Crippen LogP contribution in [-0.2, 0) is 6.54 Å². The van der Waals surface area contributed by atoms with Gasteiger partial charge in [-0.25, -0.2) is 4.79 Å². The molecule has 0 fully saturated rings. The van der Waals surface area contributed by atoms with Crippen LogP contribution in [0.4, 0.5) is 0 Å². The lowest BCUT2D eigenvalue weighted by Crippen LogP contribution is -2.41. The maximum atomic E-state index is 11.9. The molecule has 1 heterocycles. The van der Waals surface area contributed by atoms with Gasteiger partial charge in [-0.3, -0.25) is 4.52 Å². The molecule has 3 rings (SSSR count). The molecular formula is C17H18N3O2+. The van der Waals surface area contributed by atoms with Gasteiger partial charge in [0.05, 0.1) is 6.54 Å². The highest BCUT2D eigenvalue weighted by Gasteiger charge is 2.23. The average molecular weight is 296 g/mol. The zero-order chi connectivity index (χ0) is 15.4. The number of nitrogens with zero attached hydrogens (tertiary/aromatic N) is 1. The average Bonchev–Trinajstić information content (AvgIpc) is 2.95. The third-order valence-corrected chi connectivity index (χ3v) is 3.62. The number of rotatable bonds is 5. The van der Waals surface area contributed by atoms with Crippen molar-refractivity contribution in [1.29, 1.82) is 0 Å². The van der Waals surface area contributed by atoms with Crippen molar-refractivity contribution >= 4 is 0 Å². The normalized spacial score (nSPS) is 12.2. The molecule has 0 spiro atoms. The summed E-state index contributed by atoms with van der Waals surface area (Å²) in [5.74, 6) is 0. The first-order chi connectivity index (χ1) is 10.8. The van der Waals surface area contributed by atoms with E-state index in [4.69, 9.17) is 4.52 Å². The van der Waals surface area contributed by atoms with Crippen molar-refractivity contribution in [3.05, 3.63) is 82.3 Å². The summed E-state index contributed by atoms with van der Waals surface area (Å²) >= 11 is 0. The summed E-state index contributed by atoms with van der Waals surface area (Å²) in [6, 6.07) is 19.8. The maximum absolute atomic E-state index is 11.9. The molecule has 0 amide bonds. The van der Waals surface area contributed by atoms with Crippen LogP contribution in [0.3, 0.4) is 0 Å². The molecule has 0 aliphatic rings. The lowest BCUT2D eigenvalue weighted by Gasteiger charge is -2.11. The topological polar surface area (TPSA) is 61.9 Å². The van der Waals surface area contributed by atoms with E-state index < -0.39 is 0 Å². The molecule has 0 aliphatic heterocycles. The number of para-hydroxylation sites is 1. The summed E-state index contributed by atoms with van der Waals surface area (Å²) in [4.78, 5) is 11.9. The zero-order valence-corrected chi connectivity index (χ0v) is 12.3. The molecule has 2 N–H and O–H groups in total. The molecule has 2 aromatic carbocycles. The van der Waals surface area contributed by atoms with Crippen molar-refractivity contribution < 1.29 is 9.20 Å². The minimum absolute atomic E-state index is 0.139. The second kappa shape index (κ2) is 6.41. The summed E-state index contributed by atoms with van der Waals surface area (Å²) in [6.07, 6.45) is 0. The predicted molar refractivity (Wildman–Crippen MR) is 82.6 cm³/mol. The Morgan fingerprint density at radius 1 is 1.09 bits per heavy atom. The van der Waals surface area contributed by atoms with Crippen LogP contribution in [0.5, 0.6) is 0 Å². The minimum Gasteiger partial charge on any atom is -0.300 e. The number of hydrogen-bond donors (Lipinski definition) is 2. The van der Waals surface area contributed by atoms with Crippen molar-refractivity contribution in [1.82, 2.24) is 10.6 Å². The Labute approximate surface area is 128 Å². The van der Waals surface area contributed by atoms with Crippen LogP contribution in [0.1, 0.15) is 24.2 Å². The van der Waals surface area contributed by atoms with Gasteiger partial charge in [0.15, 0.2) is 0 Å². The van der Waals surface area contributed by atoms with Gasteiger partial charge in [0.25, 0.3) is 0 Å². The van der Waals surface area contributed by atoms with Gasteiger partial charge in [0, 0.05) is 18.2 Å². The van der Waals surface area contributed by atoms with Crippen LogP contribution < -0.4 is 15.6 Å². The number of benzene rings is 2. The third-order valence-electron chi connectivity index (χ3n) is 3.62. The molecule has 0 radical (unpaired) electrons. The van der Waals surface area contributed by atoms with Crippen molar-refractivity contribution in [2.45, 2.75) is 19.5 Å². The number of hydrogen-bond acceptors (Lipinski definition) is 3. The second-order valence-corrected chi connectivity index (χ2v) is 5.11. The lowest BCUT2D eigenvalue weighted by molar-refractivity contribution is -0.677. The van der Waals surface area contributed by atoms with E-state index in [0.29, 0.717) is 12.2 Å². The van der Waals surface area contributed by atoms with E-state index in [-0.39, 0.29) is 11.7 Å². The summed E-state index contributed by atoms with van der Waals surface area (Å²) in [5.41, 5.74) is 2.21. The Morgan fingerprint density at radius 2 is 1.73 bits per heavy atom. The van der Waals surface area contributed by atoms with Crippen LogP contribution >= 0.6 is 0 Å². The van der Waals surface area contributed by atoms with Crippen LogP contribution in [0.2, 0.25) is 0 Å². The van der Waals surface area contributed by atoms with Crippen molar-refractivity contribution in [2.24, 2.45) is 0 Å². The fourth-order valence-corrected chi connectivity index (χ4v) is 2.34. The molecular weight excluding hydrogens is 278 g/mol. The van der Waals surface area contributed by atoms with E-state index in [0.717, 1.165) is 5.69 Å². The molecule has 0 aliphatic carbocycles. The van der Waals surface area contributed by atoms with Crippen molar-refractivity contribution in [2.75, 3.05) is 0 Å². The Bertz CT molecular complexity index is 778. The summed E-state index contributed by atoms with van der Waals surface area (Å²) in [7, 11) is 0. The molecule has 0 saturated carbocycles. The monoisotopic (exact) mass is 296 g/mol. The summed E-state index contributed by atoms with van der Waals surface area (Å²) < 4.78 is 6.59. The van der Waals surface area contributed by atoms with Gasteiger partial charge in [-0.1, -0.05) is 48.5 Å². The smallest absolute Gasteiger partial charge is 0.300 e. The van der Waals surface area contributed by atoms with Gasteiger partial charge in [-0.2, -0.15) is 0 Å². The molecule has 1 unspecified atom stereocenters. The Morgan fingerprint density at radius 3 is 2.41 bits per heavy atom. The van der Waals surface area contributed by atoms with E-state index in [1.807, 2.05) is 48.5 Å². The first-order valence-electron chi connectivity index (χ1n) is 7.22. The number of aromatic nitrogens is 2. The summed E-state index contributed by atoms with van der Waals surface area (Å²) in [5, 5.41) is 5.99. The standard InChI is InChI=1S/C17H17N3O2/c1-13(14-8-4-2-5-9-14)18-12-16-17(21)22-19-20(16)15-10-6-3-7-11-15/h2-11,13,18H,12H2,1H3/p+1. The Kier molecular flexibility index (Phi) is 4.16. The molecule has 1 aromatic heterocycles. The molecule has 5 nitrogen and oxygen atoms in total. The molecule has 0 bridgehead atoms. The highest BCUT2D eigenvalue weighted by Crippen LogP contribution is 2.11. The van der Waals surface area contributed by atoms with Crippen molar-refractivity contribution in [3.63, 3.8) is 0 Å². The van der Waals surface area contributed by atoms with E-state index in [1.165, 1.54) is 5.56 Å². The summed E-state index contributed by atoms with van der Waals surface area (Å²) in [6.45, 7) is 2.48. The third kappa shape index (κ3) is 2.99. The number of H-pyrrole nitrogens is 1. The fraction of sp³-hybridized carbons (Fsp3) is 0.176. The number of nitrogens with one attached hydrogen (secondary N) is 2. The first kappa shape index (κ1) is 14.3. The molecule has 112 valence electrons. The van der Waals surface area contributed by atoms with E-state index in [1.54, 1.807) is 4.68 Å². The van der Waals surface area contributed by atoms with Crippen LogP contribution in [0.25, 0.3) is 5.69 Å². The molecule has 3 aromatic rings. The molecule has 1 atom stereocenters. The van der Waals surface area contributed by atoms with E-state index in [9.17, 15) is 4.79 Å². The fourth-order valence-electron chi connectivity index (χ4n) is 2.34. The van der Waals surface area contributed by atoms with Crippen molar-refractivity contribution in [3.8, 4) is 5.69 Å². The SMILES string of the molecule is CC(NCc1c(=O)o[nH][n+]1-c1ccccc1)c1ccccc1. The van der Waals surface area contributed by atoms with Crippen LogP contribution in [-0.4, -0.2) is 5.27 Å². The number of aromatic amines is 1.